The number of fused-ring (bicyclic) bond motifs is 1. The molecule has 2 aliphatic carbocycles. The van der Waals surface area contributed by atoms with Crippen LogP contribution in [0.25, 0.3) is 0 Å². The molecule has 21 heavy (non-hydrogen) atoms. The van der Waals surface area contributed by atoms with Crippen LogP contribution in [0.1, 0.15) is 55.8 Å². The zero-order valence-corrected chi connectivity index (χ0v) is 12.6. The molecule has 1 saturated carbocycles. The molecule has 0 saturated heterocycles. The molecule has 1 atom stereocenters. The van der Waals surface area contributed by atoms with Gasteiger partial charge < -0.3 is 10.1 Å². The van der Waals surface area contributed by atoms with Crippen LogP contribution in [0.15, 0.2) is 24.3 Å². The lowest BCUT2D eigenvalue weighted by Crippen LogP contribution is -2.25. The Balaban J connectivity index is 1.35. The summed E-state index contributed by atoms with van der Waals surface area (Å²) in [4.78, 5) is 11.6. The number of hydrogen-bond acceptors (Lipinski definition) is 2. The highest BCUT2D eigenvalue weighted by atomic mass is 16.5. The molecule has 1 aromatic carbocycles. The minimum absolute atomic E-state index is 0.209. The minimum atomic E-state index is 0.209. The molecule has 114 valence electrons. The van der Waals surface area contributed by atoms with Crippen molar-refractivity contribution in [1.29, 1.82) is 0 Å². The predicted octanol–water partition coefficient (Wildman–Crippen LogP) is 3.39. The fraction of sp³-hybridized carbons (Fsp3) is 0.611. The molecule has 2 aliphatic rings. The van der Waals surface area contributed by atoms with Crippen molar-refractivity contribution >= 4 is 5.91 Å². The first-order chi connectivity index (χ1) is 10.3. The molecule has 3 heteroatoms. The first kappa shape index (κ1) is 14.6. The normalized spacial score (nSPS) is 20.9. The summed E-state index contributed by atoms with van der Waals surface area (Å²) in [5.74, 6) is 0.875. The van der Waals surface area contributed by atoms with Gasteiger partial charge in [-0.15, -0.1) is 0 Å². The van der Waals surface area contributed by atoms with Gasteiger partial charge in [-0.05, 0) is 55.6 Å². The van der Waals surface area contributed by atoms with E-state index in [4.69, 9.17) is 4.74 Å². The van der Waals surface area contributed by atoms with Gasteiger partial charge in [-0.25, -0.2) is 0 Å². The van der Waals surface area contributed by atoms with Gasteiger partial charge >= 0.3 is 0 Å². The van der Waals surface area contributed by atoms with Crippen molar-refractivity contribution in [3.8, 4) is 0 Å². The monoisotopic (exact) mass is 287 g/mol. The van der Waals surface area contributed by atoms with Gasteiger partial charge in [0.25, 0.3) is 0 Å². The third-order valence-corrected chi connectivity index (χ3v) is 4.45. The van der Waals surface area contributed by atoms with Crippen LogP contribution in [0.2, 0.25) is 0 Å². The van der Waals surface area contributed by atoms with Crippen molar-refractivity contribution in [1.82, 2.24) is 5.32 Å². The first-order valence-electron chi connectivity index (χ1n) is 8.29. The van der Waals surface area contributed by atoms with Crippen LogP contribution in [0.5, 0.6) is 0 Å². The molecular weight excluding hydrogens is 262 g/mol. The number of hydrogen-bond donors (Lipinski definition) is 1. The molecule has 1 aromatic rings. The SMILES string of the molecule is O=C(CC1CC1)NCCCO[C@H]1CCCc2ccccc21. The van der Waals surface area contributed by atoms with E-state index in [2.05, 4.69) is 29.6 Å². The van der Waals surface area contributed by atoms with E-state index in [1.54, 1.807) is 0 Å². The molecule has 0 radical (unpaired) electrons. The van der Waals surface area contributed by atoms with E-state index in [-0.39, 0.29) is 12.0 Å². The van der Waals surface area contributed by atoms with Crippen molar-refractivity contribution in [2.45, 2.75) is 51.0 Å². The lowest BCUT2D eigenvalue weighted by Gasteiger charge is -2.25. The minimum Gasteiger partial charge on any atom is -0.373 e. The molecule has 0 bridgehead atoms. The summed E-state index contributed by atoms with van der Waals surface area (Å²) >= 11 is 0. The molecule has 1 amide bonds. The highest BCUT2D eigenvalue weighted by molar-refractivity contribution is 5.76. The van der Waals surface area contributed by atoms with Crippen LogP contribution in [0.3, 0.4) is 0 Å². The number of carbonyl (C=O) groups excluding carboxylic acids is 1. The van der Waals surface area contributed by atoms with Crippen LogP contribution >= 0.6 is 0 Å². The van der Waals surface area contributed by atoms with E-state index in [1.165, 1.54) is 36.8 Å². The number of aryl methyl sites for hydroxylation is 1. The molecule has 0 aliphatic heterocycles. The average molecular weight is 287 g/mol. The maximum absolute atomic E-state index is 11.6. The summed E-state index contributed by atoms with van der Waals surface area (Å²) in [6, 6.07) is 8.61. The maximum atomic E-state index is 11.6. The average Bonchev–Trinajstić information content (AvgIpc) is 3.31. The molecule has 0 heterocycles. The first-order valence-corrected chi connectivity index (χ1v) is 8.29. The van der Waals surface area contributed by atoms with Crippen molar-refractivity contribution in [3.05, 3.63) is 35.4 Å². The van der Waals surface area contributed by atoms with Crippen LogP contribution in [0.4, 0.5) is 0 Å². The van der Waals surface area contributed by atoms with Gasteiger partial charge in [0.1, 0.15) is 0 Å². The van der Waals surface area contributed by atoms with Crippen LogP contribution in [-0.2, 0) is 16.0 Å². The second kappa shape index (κ2) is 7.08. The number of amides is 1. The molecule has 3 nitrogen and oxygen atoms in total. The fourth-order valence-corrected chi connectivity index (χ4v) is 3.06. The van der Waals surface area contributed by atoms with E-state index in [0.29, 0.717) is 5.92 Å². The molecule has 3 rings (SSSR count). The van der Waals surface area contributed by atoms with Crippen molar-refractivity contribution in [2.75, 3.05) is 13.2 Å². The topological polar surface area (TPSA) is 38.3 Å². The Labute approximate surface area is 127 Å². The largest absolute Gasteiger partial charge is 0.373 e. The third-order valence-electron chi connectivity index (χ3n) is 4.45. The Bertz CT molecular complexity index is 482. The smallest absolute Gasteiger partial charge is 0.220 e. The highest BCUT2D eigenvalue weighted by Gasteiger charge is 2.24. The maximum Gasteiger partial charge on any atom is 0.220 e. The van der Waals surface area contributed by atoms with Gasteiger partial charge in [-0.3, -0.25) is 4.79 Å². The van der Waals surface area contributed by atoms with E-state index in [0.717, 1.165) is 32.4 Å². The van der Waals surface area contributed by atoms with Crippen molar-refractivity contribution in [2.24, 2.45) is 5.92 Å². The Hall–Kier alpha value is -1.35. The van der Waals surface area contributed by atoms with E-state index in [1.807, 2.05) is 0 Å². The molecule has 1 fully saturated rings. The lowest BCUT2D eigenvalue weighted by atomic mass is 9.89. The zero-order valence-electron chi connectivity index (χ0n) is 12.6. The van der Waals surface area contributed by atoms with E-state index < -0.39 is 0 Å². The molecule has 1 N–H and O–H groups in total. The summed E-state index contributed by atoms with van der Waals surface area (Å²) in [7, 11) is 0. The van der Waals surface area contributed by atoms with E-state index >= 15 is 0 Å². The number of carbonyl (C=O) groups is 1. The summed E-state index contributed by atoms with van der Waals surface area (Å²) in [5.41, 5.74) is 2.80. The zero-order chi connectivity index (χ0) is 14.5. The second-order valence-corrected chi connectivity index (χ2v) is 6.30. The van der Waals surface area contributed by atoms with Gasteiger partial charge in [0, 0.05) is 19.6 Å². The van der Waals surface area contributed by atoms with Crippen molar-refractivity contribution < 1.29 is 9.53 Å². The summed E-state index contributed by atoms with van der Waals surface area (Å²) in [6.07, 6.45) is 7.83. The third kappa shape index (κ3) is 4.31. The molecular formula is C18H25NO2. The lowest BCUT2D eigenvalue weighted by molar-refractivity contribution is -0.121. The van der Waals surface area contributed by atoms with Crippen LogP contribution in [-0.4, -0.2) is 19.1 Å². The highest BCUT2D eigenvalue weighted by Crippen LogP contribution is 2.32. The van der Waals surface area contributed by atoms with Crippen LogP contribution in [0, 0.1) is 5.92 Å². The number of benzene rings is 1. The Morgan fingerprint density at radius 1 is 1.24 bits per heavy atom. The fourth-order valence-electron chi connectivity index (χ4n) is 3.06. The number of ether oxygens (including phenoxy) is 1. The van der Waals surface area contributed by atoms with E-state index in [9.17, 15) is 4.79 Å². The molecule has 0 spiro atoms. The standard InChI is InChI=1S/C18H25NO2/c20-18(13-14-9-10-14)19-11-4-12-21-17-8-3-6-15-5-1-2-7-16(15)17/h1-2,5,7,14,17H,3-4,6,8-13H2,(H,19,20)/t17-/m0/s1. The Morgan fingerprint density at radius 3 is 2.95 bits per heavy atom. The van der Waals surface area contributed by atoms with Gasteiger partial charge in [-0.1, -0.05) is 24.3 Å². The van der Waals surface area contributed by atoms with Crippen LogP contribution < -0.4 is 5.32 Å². The molecule has 0 unspecified atom stereocenters. The van der Waals surface area contributed by atoms with Gasteiger partial charge in [0.05, 0.1) is 6.10 Å². The second-order valence-electron chi connectivity index (χ2n) is 6.30. The summed E-state index contributed by atoms with van der Waals surface area (Å²) < 4.78 is 6.03. The van der Waals surface area contributed by atoms with Gasteiger partial charge in [-0.2, -0.15) is 0 Å². The predicted molar refractivity (Wildman–Crippen MR) is 83.0 cm³/mol. The number of nitrogens with one attached hydrogen (secondary N) is 1. The van der Waals surface area contributed by atoms with Gasteiger partial charge in [0.2, 0.25) is 5.91 Å². The Morgan fingerprint density at radius 2 is 2.10 bits per heavy atom. The van der Waals surface area contributed by atoms with Gasteiger partial charge in [0.15, 0.2) is 0 Å². The quantitative estimate of drug-likeness (QED) is 0.781. The number of rotatable bonds is 7. The van der Waals surface area contributed by atoms with Crippen molar-refractivity contribution in [3.63, 3.8) is 0 Å². The Kier molecular flexibility index (Phi) is 4.91. The summed E-state index contributed by atoms with van der Waals surface area (Å²) in [6.45, 7) is 1.46. The summed E-state index contributed by atoms with van der Waals surface area (Å²) in [5, 5.41) is 2.99. The molecule has 0 aromatic heterocycles.